The Morgan fingerprint density at radius 2 is 1.92 bits per heavy atom. The van der Waals surface area contributed by atoms with Crippen molar-refractivity contribution >= 4 is 17.4 Å². The van der Waals surface area contributed by atoms with E-state index < -0.39 is 11.7 Å². The van der Waals surface area contributed by atoms with Crippen molar-refractivity contribution in [3.63, 3.8) is 0 Å². The Bertz CT molecular complexity index is 309. The number of benzene rings is 1. The first-order valence-corrected chi connectivity index (χ1v) is 4.68. The van der Waals surface area contributed by atoms with E-state index in [-0.39, 0.29) is 10.6 Å². The molecular weight excluding hydrogens is 199 g/mol. The molecule has 0 amide bonds. The molecule has 0 radical (unpaired) electrons. The summed E-state index contributed by atoms with van der Waals surface area (Å²) in [6, 6.07) is 3.79. The highest BCUT2D eigenvalue weighted by atomic mass is 32.2. The number of thioether (sulfide) groups is 1. The smallest absolute Gasteiger partial charge is 0.399 e. The van der Waals surface area contributed by atoms with Gasteiger partial charge in [-0.2, -0.15) is 13.2 Å². The van der Waals surface area contributed by atoms with E-state index in [1.54, 1.807) is 6.26 Å². The third-order valence-corrected chi connectivity index (χ3v) is 2.32. The number of halogens is 3. The van der Waals surface area contributed by atoms with Gasteiger partial charge in [-0.05, 0) is 24.5 Å². The van der Waals surface area contributed by atoms with Crippen LogP contribution in [0.2, 0.25) is 0 Å². The quantitative estimate of drug-likeness (QED) is 0.566. The number of rotatable bonds is 1. The number of nitrogen functional groups attached to an aromatic ring is 1. The van der Waals surface area contributed by atoms with Crippen molar-refractivity contribution in [2.45, 2.75) is 11.1 Å². The fourth-order valence-corrected chi connectivity index (χ4v) is 1.55. The summed E-state index contributed by atoms with van der Waals surface area (Å²) in [6.07, 6.45) is -2.73. The first-order chi connectivity index (χ1) is 5.95. The van der Waals surface area contributed by atoms with Gasteiger partial charge in [0.05, 0.1) is 5.56 Å². The Labute approximate surface area is 78.1 Å². The SMILES string of the molecule is CSc1ccc(N)cc1C(F)(F)F. The molecule has 1 nitrogen and oxygen atoms in total. The average Bonchev–Trinajstić information content (AvgIpc) is 2.03. The van der Waals surface area contributed by atoms with E-state index in [0.29, 0.717) is 0 Å². The standard InChI is InChI=1S/C8H8F3NS/c1-13-7-3-2-5(12)4-6(7)8(9,10)11/h2-4H,12H2,1H3. The summed E-state index contributed by atoms with van der Waals surface area (Å²) in [5, 5.41) is 0. The maximum absolute atomic E-state index is 12.3. The molecular formula is C8H8F3NS. The minimum atomic E-state index is -4.33. The zero-order valence-corrected chi connectivity index (χ0v) is 7.67. The molecule has 1 aromatic carbocycles. The van der Waals surface area contributed by atoms with Gasteiger partial charge in [0.2, 0.25) is 0 Å². The van der Waals surface area contributed by atoms with Gasteiger partial charge in [-0.15, -0.1) is 11.8 Å². The second-order valence-electron chi connectivity index (χ2n) is 2.46. The Morgan fingerprint density at radius 3 is 2.38 bits per heavy atom. The summed E-state index contributed by atoms with van der Waals surface area (Å²) in [7, 11) is 0. The molecule has 0 spiro atoms. The van der Waals surface area contributed by atoms with Gasteiger partial charge in [0.15, 0.2) is 0 Å². The van der Waals surface area contributed by atoms with Crippen LogP contribution in [0.5, 0.6) is 0 Å². The summed E-state index contributed by atoms with van der Waals surface area (Å²) in [5.74, 6) is 0. The van der Waals surface area contributed by atoms with Crippen LogP contribution in [0.3, 0.4) is 0 Å². The summed E-state index contributed by atoms with van der Waals surface area (Å²) in [5.41, 5.74) is 4.73. The maximum Gasteiger partial charge on any atom is 0.417 e. The van der Waals surface area contributed by atoms with Crippen LogP contribution in [0.4, 0.5) is 18.9 Å². The van der Waals surface area contributed by atoms with Gasteiger partial charge in [-0.25, -0.2) is 0 Å². The Morgan fingerprint density at radius 1 is 1.31 bits per heavy atom. The van der Waals surface area contributed by atoms with Crippen LogP contribution in [0, 0.1) is 0 Å². The first-order valence-electron chi connectivity index (χ1n) is 3.46. The summed E-state index contributed by atoms with van der Waals surface area (Å²) >= 11 is 1.06. The third kappa shape index (κ3) is 2.30. The highest BCUT2D eigenvalue weighted by molar-refractivity contribution is 7.98. The van der Waals surface area contributed by atoms with Gasteiger partial charge < -0.3 is 5.73 Å². The van der Waals surface area contributed by atoms with Crippen LogP contribution >= 0.6 is 11.8 Å². The van der Waals surface area contributed by atoms with Crippen molar-refractivity contribution in [3.05, 3.63) is 23.8 Å². The Balaban J connectivity index is 3.24. The molecule has 1 aromatic rings. The van der Waals surface area contributed by atoms with Gasteiger partial charge in [-0.3, -0.25) is 0 Å². The molecule has 0 fully saturated rings. The lowest BCUT2D eigenvalue weighted by molar-refractivity contribution is -0.139. The van der Waals surface area contributed by atoms with Crippen molar-refractivity contribution < 1.29 is 13.2 Å². The van der Waals surface area contributed by atoms with Crippen LogP contribution in [-0.2, 0) is 6.18 Å². The molecule has 0 atom stereocenters. The molecule has 0 aliphatic heterocycles. The van der Waals surface area contributed by atoms with Crippen molar-refractivity contribution in [3.8, 4) is 0 Å². The van der Waals surface area contributed by atoms with E-state index >= 15 is 0 Å². The number of anilines is 1. The van der Waals surface area contributed by atoms with Crippen LogP contribution in [-0.4, -0.2) is 6.26 Å². The van der Waals surface area contributed by atoms with E-state index in [9.17, 15) is 13.2 Å². The molecule has 0 bridgehead atoms. The number of hydrogen-bond acceptors (Lipinski definition) is 2. The second kappa shape index (κ2) is 3.49. The predicted octanol–water partition coefficient (Wildman–Crippen LogP) is 3.01. The van der Waals surface area contributed by atoms with Crippen molar-refractivity contribution in [1.82, 2.24) is 0 Å². The number of nitrogens with two attached hydrogens (primary N) is 1. The Kier molecular flexibility index (Phi) is 2.75. The minimum Gasteiger partial charge on any atom is -0.399 e. The highest BCUT2D eigenvalue weighted by Crippen LogP contribution is 2.36. The monoisotopic (exact) mass is 207 g/mol. The van der Waals surface area contributed by atoms with E-state index in [1.807, 2.05) is 0 Å². The molecule has 13 heavy (non-hydrogen) atoms. The Hall–Kier alpha value is -0.840. The van der Waals surface area contributed by atoms with Crippen LogP contribution < -0.4 is 5.73 Å². The average molecular weight is 207 g/mol. The molecule has 0 aliphatic carbocycles. The van der Waals surface area contributed by atoms with Gasteiger partial charge in [0.25, 0.3) is 0 Å². The van der Waals surface area contributed by atoms with E-state index in [4.69, 9.17) is 5.73 Å². The summed E-state index contributed by atoms with van der Waals surface area (Å²) in [4.78, 5) is 0.196. The highest BCUT2D eigenvalue weighted by Gasteiger charge is 2.33. The zero-order chi connectivity index (χ0) is 10.1. The topological polar surface area (TPSA) is 26.0 Å². The summed E-state index contributed by atoms with van der Waals surface area (Å²) in [6.45, 7) is 0. The fourth-order valence-electron chi connectivity index (χ4n) is 0.947. The normalized spacial score (nSPS) is 11.7. The molecule has 0 saturated heterocycles. The third-order valence-electron chi connectivity index (χ3n) is 1.53. The van der Waals surface area contributed by atoms with Gasteiger partial charge >= 0.3 is 6.18 Å². The molecule has 0 saturated carbocycles. The summed E-state index contributed by atoms with van der Waals surface area (Å²) < 4.78 is 37.0. The molecule has 0 aliphatic rings. The molecule has 72 valence electrons. The van der Waals surface area contributed by atoms with Gasteiger partial charge in [0.1, 0.15) is 0 Å². The second-order valence-corrected chi connectivity index (χ2v) is 3.31. The van der Waals surface area contributed by atoms with Crippen LogP contribution in [0.15, 0.2) is 23.1 Å². The maximum atomic E-state index is 12.3. The van der Waals surface area contributed by atoms with Crippen LogP contribution in [0.25, 0.3) is 0 Å². The molecule has 0 unspecified atom stereocenters. The first kappa shape index (κ1) is 10.2. The molecule has 5 heteroatoms. The van der Waals surface area contributed by atoms with Gasteiger partial charge in [0, 0.05) is 10.6 Å². The molecule has 1 rings (SSSR count). The van der Waals surface area contributed by atoms with Crippen molar-refractivity contribution in [2.75, 3.05) is 12.0 Å². The zero-order valence-electron chi connectivity index (χ0n) is 6.85. The number of hydrogen-bond donors (Lipinski definition) is 1. The van der Waals surface area contributed by atoms with Crippen LogP contribution in [0.1, 0.15) is 5.56 Å². The van der Waals surface area contributed by atoms with E-state index in [2.05, 4.69) is 0 Å². The lowest BCUT2D eigenvalue weighted by atomic mass is 10.2. The molecule has 2 N–H and O–H groups in total. The van der Waals surface area contributed by atoms with Crippen molar-refractivity contribution in [1.29, 1.82) is 0 Å². The lowest BCUT2D eigenvalue weighted by Gasteiger charge is -2.11. The predicted molar refractivity (Wildman–Crippen MR) is 47.6 cm³/mol. The molecule has 0 aromatic heterocycles. The largest absolute Gasteiger partial charge is 0.417 e. The fraction of sp³-hybridized carbons (Fsp3) is 0.250. The minimum absolute atomic E-state index is 0.130. The number of alkyl halides is 3. The van der Waals surface area contributed by atoms with E-state index in [1.165, 1.54) is 12.1 Å². The molecule has 0 heterocycles. The van der Waals surface area contributed by atoms with E-state index in [0.717, 1.165) is 17.8 Å². The van der Waals surface area contributed by atoms with Crippen molar-refractivity contribution in [2.24, 2.45) is 0 Å². The van der Waals surface area contributed by atoms with Gasteiger partial charge in [-0.1, -0.05) is 0 Å². The lowest BCUT2D eigenvalue weighted by Crippen LogP contribution is -2.07.